The van der Waals surface area contributed by atoms with Crippen molar-refractivity contribution in [3.63, 3.8) is 0 Å². The summed E-state index contributed by atoms with van der Waals surface area (Å²) in [6.07, 6.45) is -3.80. The average Bonchev–Trinajstić information content (AvgIpc) is 3.30. The van der Waals surface area contributed by atoms with Gasteiger partial charge in [0, 0.05) is 17.5 Å². The fourth-order valence-corrected chi connectivity index (χ4v) is 3.11. The first-order valence-electron chi connectivity index (χ1n) is 8.59. The minimum absolute atomic E-state index is 0.115. The molecule has 0 bridgehead atoms. The number of fused-ring (bicyclic) bond motifs is 1. The maximum atomic E-state index is 12.8. The number of ether oxygens (including phenoxy) is 2. The molecule has 2 aliphatic rings. The number of benzene rings is 2. The molecule has 0 radical (unpaired) electrons. The molecule has 8 heteroatoms. The Morgan fingerprint density at radius 3 is 2.78 bits per heavy atom. The molecular formula is C19H18F3N2O3+. The van der Waals surface area contributed by atoms with Gasteiger partial charge in [0.2, 0.25) is 6.79 Å². The summed E-state index contributed by atoms with van der Waals surface area (Å²) in [5.74, 6) is 1.40. The summed E-state index contributed by atoms with van der Waals surface area (Å²) in [6, 6.07) is 11.0. The molecule has 2 aliphatic heterocycles. The van der Waals surface area contributed by atoms with E-state index in [2.05, 4.69) is 5.16 Å². The van der Waals surface area contributed by atoms with Crippen LogP contribution >= 0.6 is 0 Å². The molecule has 2 N–H and O–H groups in total. The second-order valence-corrected chi connectivity index (χ2v) is 6.46. The van der Waals surface area contributed by atoms with Crippen LogP contribution in [0, 0.1) is 0 Å². The van der Waals surface area contributed by atoms with E-state index in [1.165, 1.54) is 12.1 Å². The molecule has 0 spiro atoms. The molecule has 0 saturated carbocycles. The molecule has 0 saturated heterocycles. The highest BCUT2D eigenvalue weighted by molar-refractivity contribution is 6.01. The van der Waals surface area contributed by atoms with E-state index in [9.17, 15) is 13.2 Å². The van der Waals surface area contributed by atoms with Crippen molar-refractivity contribution >= 4 is 5.71 Å². The number of oxime groups is 1. The van der Waals surface area contributed by atoms with E-state index >= 15 is 0 Å². The van der Waals surface area contributed by atoms with Crippen molar-refractivity contribution in [3.8, 4) is 11.5 Å². The maximum Gasteiger partial charge on any atom is 0.416 e. The first-order valence-corrected chi connectivity index (χ1v) is 8.59. The normalized spacial score (nSPS) is 18.3. The Morgan fingerprint density at radius 2 is 1.93 bits per heavy atom. The van der Waals surface area contributed by atoms with Crippen molar-refractivity contribution in [2.75, 3.05) is 13.3 Å². The molecule has 5 nitrogen and oxygen atoms in total. The Morgan fingerprint density at radius 1 is 1.07 bits per heavy atom. The van der Waals surface area contributed by atoms with E-state index in [-0.39, 0.29) is 12.9 Å². The lowest BCUT2D eigenvalue weighted by molar-refractivity contribution is -0.676. The second kappa shape index (κ2) is 7.11. The number of halogens is 3. The monoisotopic (exact) mass is 379 g/mol. The van der Waals surface area contributed by atoms with Gasteiger partial charge in [-0.15, -0.1) is 0 Å². The molecule has 4 rings (SSSR count). The van der Waals surface area contributed by atoms with Crippen LogP contribution in [-0.4, -0.2) is 25.2 Å². The van der Waals surface area contributed by atoms with Gasteiger partial charge in [-0.2, -0.15) is 13.2 Å². The van der Waals surface area contributed by atoms with Crippen LogP contribution in [0.3, 0.4) is 0 Å². The third-order valence-electron chi connectivity index (χ3n) is 4.50. The smallest absolute Gasteiger partial charge is 0.416 e. The highest BCUT2D eigenvalue weighted by Gasteiger charge is 2.30. The number of quaternary nitrogens is 1. The molecule has 142 valence electrons. The van der Waals surface area contributed by atoms with Crippen molar-refractivity contribution < 1.29 is 32.8 Å². The van der Waals surface area contributed by atoms with Crippen LogP contribution in [0.15, 0.2) is 47.6 Å². The SMILES string of the molecule is FC(F)(F)c1cccc(C[NH2+]C[C@@H]2CC(c3ccc4c(c3)OCO4)=NO2)c1. The predicted molar refractivity (Wildman–Crippen MR) is 90.5 cm³/mol. The quantitative estimate of drug-likeness (QED) is 0.869. The minimum Gasteiger partial charge on any atom is -0.454 e. The molecule has 0 fully saturated rings. The zero-order valence-electron chi connectivity index (χ0n) is 14.3. The Balaban J connectivity index is 1.29. The van der Waals surface area contributed by atoms with E-state index in [0.717, 1.165) is 17.3 Å². The molecule has 1 atom stereocenters. The first-order chi connectivity index (χ1) is 13.0. The average molecular weight is 379 g/mol. The van der Waals surface area contributed by atoms with Gasteiger partial charge in [0.15, 0.2) is 17.6 Å². The van der Waals surface area contributed by atoms with Crippen molar-refractivity contribution in [2.24, 2.45) is 5.16 Å². The molecule has 0 amide bonds. The van der Waals surface area contributed by atoms with E-state index in [1.807, 2.05) is 23.5 Å². The van der Waals surface area contributed by atoms with Gasteiger partial charge in [-0.1, -0.05) is 17.3 Å². The van der Waals surface area contributed by atoms with Crippen molar-refractivity contribution in [1.29, 1.82) is 0 Å². The Labute approximate surface area is 153 Å². The van der Waals surface area contributed by atoms with Crippen LogP contribution in [-0.2, 0) is 17.6 Å². The third-order valence-corrected chi connectivity index (χ3v) is 4.50. The lowest BCUT2D eigenvalue weighted by Gasteiger charge is -2.10. The Hall–Kier alpha value is -2.74. The fourth-order valence-electron chi connectivity index (χ4n) is 3.11. The second-order valence-electron chi connectivity index (χ2n) is 6.46. The first kappa shape index (κ1) is 17.7. The molecule has 2 heterocycles. The standard InChI is InChI=1S/C19H17F3N2O3/c20-19(21,22)14-3-1-2-12(6-14)9-23-10-15-8-16(24-27-15)13-4-5-17-18(7-13)26-11-25-17/h1-7,15,23H,8-11H2/p+1/t15-/m0/s1. The van der Waals surface area contributed by atoms with E-state index in [0.29, 0.717) is 36.6 Å². The topological polar surface area (TPSA) is 56.7 Å². The van der Waals surface area contributed by atoms with Crippen molar-refractivity contribution in [1.82, 2.24) is 0 Å². The molecule has 2 aromatic rings. The Kier molecular flexibility index (Phi) is 4.65. The van der Waals surface area contributed by atoms with Gasteiger partial charge in [-0.05, 0) is 30.3 Å². The fraction of sp³-hybridized carbons (Fsp3) is 0.316. The summed E-state index contributed by atoms with van der Waals surface area (Å²) in [7, 11) is 0. The van der Waals surface area contributed by atoms with Crippen molar-refractivity contribution in [2.45, 2.75) is 25.2 Å². The lowest BCUT2D eigenvalue weighted by Crippen LogP contribution is -2.84. The number of nitrogens with zero attached hydrogens (tertiary/aromatic N) is 1. The van der Waals surface area contributed by atoms with E-state index < -0.39 is 11.7 Å². The van der Waals surface area contributed by atoms with Crippen molar-refractivity contribution in [3.05, 3.63) is 59.2 Å². The van der Waals surface area contributed by atoms with Gasteiger partial charge in [0.05, 0.1) is 11.3 Å². The molecular weight excluding hydrogens is 361 g/mol. The maximum absolute atomic E-state index is 12.8. The number of nitrogens with two attached hydrogens (primary N) is 1. The van der Waals surface area contributed by atoms with E-state index in [4.69, 9.17) is 14.3 Å². The zero-order chi connectivity index (χ0) is 18.9. The number of alkyl halides is 3. The van der Waals surface area contributed by atoms with Crippen LogP contribution < -0.4 is 14.8 Å². The summed E-state index contributed by atoms with van der Waals surface area (Å²) in [6.45, 7) is 1.27. The van der Waals surface area contributed by atoms with Crippen LogP contribution in [0.5, 0.6) is 11.5 Å². The summed E-state index contributed by atoms with van der Waals surface area (Å²) < 4.78 is 48.9. The van der Waals surface area contributed by atoms with Gasteiger partial charge in [0.1, 0.15) is 13.1 Å². The molecule has 0 aromatic heterocycles. The summed E-state index contributed by atoms with van der Waals surface area (Å²) in [5, 5.41) is 6.07. The number of hydrogen-bond donors (Lipinski definition) is 1. The van der Waals surface area contributed by atoms with Crippen LogP contribution in [0.25, 0.3) is 0 Å². The molecule has 27 heavy (non-hydrogen) atoms. The van der Waals surface area contributed by atoms with Gasteiger partial charge in [-0.25, -0.2) is 0 Å². The summed E-state index contributed by atoms with van der Waals surface area (Å²) >= 11 is 0. The van der Waals surface area contributed by atoms with Gasteiger partial charge >= 0.3 is 6.18 Å². The molecule has 2 aromatic carbocycles. The van der Waals surface area contributed by atoms with Gasteiger partial charge in [-0.3, -0.25) is 0 Å². The zero-order valence-corrected chi connectivity index (χ0v) is 14.3. The summed E-state index contributed by atoms with van der Waals surface area (Å²) in [4.78, 5) is 5.46. The molecule has 0 unspecified atom stereocenters. The minimum atomic E-state index is -4.32. The number of hydrogen-bond acceptors (Lipinski definition) is 4. The van der Waals surface area contributed by atoms with Crippen LogP contribution in [0.2, 0.25) is 0 Å². The van der Waals surface area contributed by atoms with Gasteiger partial charge < -0.3 is 19.6 Å². The highest BCUT2D eigenvalue weighted by Crippen LogP contribution is 2.33. The van der Waals surface area contributed by atoms with Crippen LogP contribution in [0.1, 0.15) is 23.1 Å². The van der Waals surface area contributed by atoms with E-state index in [1.54, 1.807) is 6.07 Å². The largest absolute Gasteiger partial charge is 0.454 e. The van der Waals surface area contributed by atoms with Crippen LogP contribution in [0.4, 0.5) is 13.2 Å². The predicted octanol–water partition coefficient (Wildman–Crippen LogP) is 2.69. The highest BCUT2D eigenvalue weighted by atomic mass is 19.4. The van der Waals surface area contributed by atoms with Gasteiger partial charge in [0.25, 0.3) is 0 Å². The number of rotatable bonds is 5. The summed E-state index contributed by atoms with van der Waals surface area (Å²) in [5.41, 5.74) is 1.74. The third kappa shape index (κ3) is 4.00. The Bertz CT molecular complexity index is 868. The molecule has 0 aliphatic carbocycles. The lowest BCUT2D eigenvalue weighted by atomic mass is 10.0.